The highest BCUT2D eigenvalue weighted by Crippen LogP contribution is 2.42. The number of aliphatic hydroxyl groups is 1. The van der Waals surface area contributed by atoms with E-state index >= 15 is 0 Å². The minimum Gasteiger partial charge on any atom is -0.389 e. The molecule has 0 saturated heterocycles. The molecule has 1 saturated carbocycles. The van der Waals surface area contributed by atoms with Gasteiger partial charge in [0.05, 0.1) is 12.7 Å². The number of hydrogen-bond acceptors (Lipinski definition) is 4. The lowest BCUT2D eigenvalue weighted by molar-refractivity contribution is 0.0622. The van der Waals surface area contributed by atoms with Crippen LogP contribution in [0.2, 0.25) is 0 Å². The van der Waals surface area contributed by atoms with Gasteiger partial charge in [-0.25, -0.2) is 0 Å². The van der Waals surface area contributed by atoms with E-state index in [0.29, 0.717) is 19.2 Å². The van der Waals surface area contributed by atoms with E-state index < -0.39 is 6.10 Å². The van der Waals surface area contributed by atoms with Crippen LogP contribution in [-0.4, -0.2) is 31.5 Å². The van der Waals surface area contributed by atoms with Gasteiger partial charge in [0, 0.05) is 24.6 Å². The number of methoxy groups -OCH3 is 1. The third-order valence-corrected chi connectivity index (χ3v) is 3.83. The molecule has 1 aliphatic rings. The van der Waals surface area contributed by atoms with Crippen LogP contribution < -0.4 is 5.32 Å². The standard InChI is InChI=1S/C12H19NO2S/c1-15-8-10(14)7-13-12(9-4-5-9)11-3-2-6-16-11/h2-3,6,9-10,12-14H,4-5,7-8H2,1H3. The van der Waals surface area contributed by atoms with Crippen molar-refractivity contribution >= 4 is 11.3 Å². The molecule has 0 radical (unpaired) electrons. The molecule has 0 aromatic carbocycles. The summed E-state index contributed by atoms with van der Waals surface area (Å²) in [5.41, 5.74) is 0. The molecule has 2 atom stereocenters. The highest BCUT2D eigenvalue weighted by Gasteiger charge is 2.32. The Morgan fingerprint density at radius 2 is 2.44 bits per heavy atom. The van der Waals surface area contributed by atoms with Gasteiger partial charge in [-0.15, -0.1) is 11.3 Å². The molecule has 90 valence electrons. The van der Waals surface area contributed by atoms with Crippen LogP contribution in [0.3, 0.4) is 0 Å². The third-order valence-electron chi connectivity index (χ3n) is 2.88. The van der Waals surface area contributed by atoms with E-state index in [0.717, 1.165) is 5.92 Å². The van der Waals surface area contributed by atoms with Gasteiger partial charge >= 0.3 is 0 Å². The molecule has 1 aromatic heterocycles. The first kappa shape index (κ1) is 12.0. The molecule has 2 N–H and O–H groups in total. The number of nitrogens with one attached hydrogen (secondary N) is 1. The molecule has 1 aromatic rings. The SMILES string of the molecule is COCC(O)CNC(c1cccs1)C1CC1. The maximum Gasteiger partial charge on any atom is 0.0897 e. The number of hydrogen-bond donors (Lipinski definition) is 2. The normalized spacial score (nSPS) is 19.6. The summed E-state index contributed by atoms with van der Waals surface area (Å²) in [7, 11) is 1.61. The molecule has 0 spiro atoms. The van der Waals surface area contributed by atoms with Crippen LogP contribution in [0, 0.1) is 5.92 Å². The minimum absolute atomic E-state index is 0.398. The van der Waals surface area contributed by atoms with Crippen molar-refractivity contribution < 1.29 is 9.84 Å². The van der Waals surface area contributed by atoms with E-state index in [1.54, 1.807) is 18.4 Å². The zero-order valence-electron chi connectivity index (χ0n) is 9.56. The summed E-state index contributed by atoms with van der Waals surface area (Å²) in [6, 6.07) is 4.68. The van der Waals surface area contributed by atoms with E-state index in [-0.39, 0.29) is 0 Å². The fraction of sp³-hybridized carbons (Fsp3) is 0.667. The minimum atomic E-state index is -0.411. The van der Waals surface area contributed by atoms with Gasteiger partial charge in [0.2, 0.25) is 0 Å². The molecule has 1 aliphatic carbocycles. The molecule has 2 unspecified atom stereocenters. The second-order valence-corrected chi connectivity index (χ2v) is 5.33. The second kappa shape index (κ2) is 5.77. The molecule has 4 heteroatoms. The smallest absolute Gasteiger partial charge is 0.0897 e. The molecule has 1 fully saturated rings. The van der Waals surface area contributed by atoms with E-state index in [1.165, 1.54) is 17.7 Å². The van der Waals surface area contributed by atoms with Crippen molar-refractivity contribution in [1.82, 2.24) is 5.32 Å². The van der Waals surface area contributed by atoms with Crippen molar-refractivity contribution in [2.45, 2.75) is 25.0 Å². The van der Waals surface area contributed by atoms with Gasteiger partial charge in [-0.3, -0.25) is 0 Å². The quantitative estimate of drug-likeness (QED) is 0.765. The summed E-state index contributed by atoms with van der Waals surface area (Å²) < 4.78 is 4.92. The molecule has 1 heterocycles. The maximum atomic E-state index is 9.61. The Morgan fingerprint density at radius 1 is 1.62 bits per heavy atom. The number of rotatable bonds is 7. The van der Waals surface area contributed by atoms with Crippen LogP contribution in [0.1, 0.15) is 23.8 Å². The predicted octanol–water partition coefficient (Wildman–Crippen LogP) is 1.80. The van der Waals surface area contributed by atoms with Crippen LogP contribution in [0.4, 0.5) is 0 Å². The van der Waals surface area contributed by atoms with Crippen molar-refractivity contribution in [2.75, 3.05) is 20.3 Å². The van der Waals surface area contributed by atoms with Crippen molar-refractivity contribution in [3.8, 4) is 0 Å². The van der Waals surface area contributed by atoms with Gasteiger partial charge < -0.3 is 15.2 Å². The van der Waals surface area contributed by atoms with Gasteiger partial charge in [-0.1, -0.05) is 6.07 Å². The zero-order valence-corrected chi connectivity index (χ0v) is 10.4. The van der Waals surface area contributed by atoms with Crippen LogP contribution in [-0.2, 0) is 4.74 Å². The first-order chi connectivity index (χ1) is 7.81. The van der Waals surface area contributed by atoms with Gasteiger partial charge in [-0.2, -0.15) is 0 Å². The average molecular weight is 241 g/mol. The molecular weight excluding hydrogens is 222 g/mol. The van der Waals surface area contributed by atoms with Crippen LogP contribution in [0.5, 0.6) is 0 Å². The molecule has 16 heavy (non-hydrogen) atoms. The molecule has 0 amide bonds. The van der Waals surface area contributed by atoms with Gasteiger partial charge in [-0.05, 0) is 30.2 Å². The summed E-state index contributed by atoms with van der Waals surface area (Å²) in [4.78, 5) is 1.38. The topological polar surface area (TPSA) is 41.5 Å². The second-order valence-electron chi connectivity index (χ2n) is 4.35. The first-order valence-corrected chi connectivity index (χ1v) is 6.63. The third kappa shape index (κ3) is 3.28. The van der Waals surface area contributed by atoms with Crippen molar-refractivity contribution in [3.05, 3.63) is 22.4 Å². The largest absolute Gasteiger partial charge is 0.389 e. The summed E-state index contributed by atoms with van der Waals surface area (Å²) in [5, 5.41) is 15.2. The first-order valence-electron chi connectivity index (χ1n) is 5.75. The molecule has 3 nitrogen and oxygen atoms in total. The van der Waals surface area contributed by atoms with Gasteiger partial charge in [0.15, 0.2) is 0 Å². The fourth-order valence-corrected chi connectivity index (χ4v) is 2.81. The van der Waals surface area contributed by atoms with E-state index in [9.17, 15) is 5.11 Å². The predicted molar refractivity (Wildman–Crippen MR) is 65.7 cm³/mol. The summed E-state index contributed by atoms with van der Waals surface area (Å²) >= 11 is 1.79. The zero-order chi connectivity index (χ0) is 11.4. The molecule has 0 bridgehead atoms. The Hall–Kier alpha value is -0.420. The van der Waals surface area contributed by atoms with Crippen molar-refractivity contribution in [2.24, 2.45) is 5.92 Å². The van der Waals surface area contributed by atoms with E-state index in [2.05, 4.69) is 22.8 Å². The maximum absolute atomic E-state index is 9.61. The summed E-state index contributed by atoms with van der Waals surface area (Å²) in [6.07, 6.45) is 2.19. The van der Waals surface area contributed by atoms with Gasteiger partial charge in [0.1, 0.15) is 0 Å². The Morgan fingerprint density at radius 3 is 3.00 bits per heavy atom. The lowest BCUT2D eigenvalue weighted by Gasteiger charge is -2.19. The monoisotopic (exact) mass is 241 g/mol. The van der Waals surface area contributed by atoms with Crippen molar-refractivity contribution in [1.29, 1.82) is 0 Å². The summed E-state index contributed by atoms with van der Waals surface area (Å²) in [5.74, 6) is 0.758. The molecular formula is C12H19NO2S. The Bertz CT molecular complexity index is 298. The van der Waals surface area contributed by atoms with E-state index in [4.69, 9.17) is 4.74 Å². The molecule has 2 rings (SSSR count). The van der Waals surface area contributed by atoms with Crippen molar-refractivity contribution in [3.63, 3.8) is 0 Å². The fourth-order valence-electron chi connectivity index (χ4n) is 1.91. The lowest BCUT2D eigenvalue weighted by Crippen LogP contribution is -2.33. The highest BCUT2D eigenvalue weighted by atomic mass is 32.1. The van der Waals surface area contributed by atoms with Crippen LogP contribution in [0.25, 0.3) is 0 Å². The number of thiophene rings is 1. The molecule has 0 aliphatic heterocycles. The Balaban J connectivity index is 1.84. The Labute approximate surface area is 100 Å². The average Bonchev–Trinajstić information content (AvgIpc) is 2.94. The summed E-state index contributed by atoms with van der Waals surface area (Å²) in [6.45, 7) is 1.00. The highest BCUT2D eigenvalue weighted by molar-refractivity contribution is 7.10. The number of ether oxygens (including phenoxy) is 1. The number of aliphatic hydroxyl groups excluding tert-OH is 1. The lowest BCUT2D eigenvalue weighted by atomic mass is 10.1. The van der Waals surface area contributed by atoms with Gasteiger partial charge in [0.25, 0.3) is 0 Å². The van der Waals surface area contributed by atoms with E-state index in [1.807, 2.05) is 0 Å². The van der Waals surface area contributed by atoms with Crippen LogP contribution >= 0.6 is 11.3 Å². The van der Waals surface area contributed by atoms with Crippen LogP contribution in [0.15, 0.2) is 17.5 Å². The Kier molecular flexibility index (Phi) is 4.35.